The highest BCUT2D eigenvalue weighted by Crippen LogP contribution is 2.32. The van der Waals surface area contributed by atoms with Gasteiger partial charge in [-0.15, -0.1) is 0 Å². The molecule has 0 radical (unpaired) electrons. The molecule has 1 heterocycles. The molecule has 0 spiro atoms. The van der Waals surface area contributed by atoms with E-state index in [1.165, 1.54) is 0 Å². The summed E-state index contributed by atoms with van der Waals surface area (Å²) >= 11 is 11.8. The minimum Gasteiger partial charge on any atom is -0.486 e. The molecule has 1 atom stereocenters. The summed E-state index contributed by atoms with van der Waals surface area (Å²) in [5.74, 6) is 1.11. The van der Waals surface area contributed by atoms with Crippen molar-refractivity contribution in [3.8, 4) is 11.5 Å². The Balaban J connectivity index is 1.72. The Morgan fingerprint density at radius 1 is 1.04 bits per heavy atom. The molecule has 0 saturated carbocycles. The van der Waals surface area contributed by atoms with Gasteiger partial charge in [0, 0.05) is 6.04 Å². The highest BCUT2D eigenvalue weighted by atomic mass is 35.5. The number of rotatable bonds is 5. The van der Waals surface area contributed by atoms with Gasteiger partial charge in [-0.1, -0.05) is 35.3 Å². The van der Waals surface area contributed by atoms with Crippen LogP contribution >= 0.6 is 23.2 Å². The minimum atomic E-state index is -3.56. The zero-order valence-electron chi connectivity index (χ0n) is 13.5. The first-order chi connectivity index (χ1) is 11.8. The number of ether oxygens (including phenoxy) is 2. The van der Waals surface area contributed by atoms with Gasteiger partial charge in [-0.3, -0.25) is 0 Å². The molecule has 0 saturated heterocycles. The number of nitrogens with one attached hydrogen (secondary N) is 1. The highest BCUT2D eigenvalue weighted by molar-refractivity contribution is 7.88. The first-order valence-corrected chi connectivity index (χ1v) is 10.1. The number of hydrogen-bond acceptors (Lipinski definition) is 4. The van der Waals surface area contributed by atoms with E-state index in [0.29, 0.717) is 40.3 Å². The largest absolute Gasteiger partial charge is 0.486 e. The SMILES string of the molecule is C[C@H](NS(=O)(=O)Cc1ccc(Cl)c(Cl)c1)c1ccc2c(c1)OCCO2. The monoisotopic (exact) mass is 401 g/mol. The van der Waals surface area contributed by atoms with Crippen molar-refractivity contribution in [2.24, 2.45) is 0 Å². The van der Waals surface area contributed by atoms with Gasteiger partial charge in [0.15, 0.2) is 11.5 Å². The molecule has 5 nitrogen and oxygen atoms in total. The normalized spacial score (nSPS) is 15.0. The fourth-order valence-corrected chi connectivity index (χ4v) is 4.25. The van der Waals surface area contributed by atoms with E-state index in [2.05, 4.69) is 4.72 Å². The van der Waals surface area contributed by atoms with Crippen LogP contribution in [-0.4, -0.2) is 21.6 Å². The van der Waals surface area contributed by atoms with Crippen molar-refractivity contribution in [3.63, 3.8) is 0 Å². The lowest BCUT2D eigenvalue weighted by Crippen LogP contribution is -2.28. The van der Waals surface area contributed by atoms with Crippen LogP contribution in [0.2, 0.25) is 10.0 Å². The number of hydrogen-bond donors (Lipinski definition) is 1. The Morgan fingerprint density at radius 2 is 1.76 bits per heavy atom. The maximum atomic E-state index is 12.4. The van der Waals surface area contributed by atoms with Crippen LogP contribution in [0.3, 0.4) is 0 Å². The first-order valence-electron chi connectivity index (χ1n) is 7.67. The van der Waals surface area contributed by atoms with E-state index in [0.717, 1.165) is 5.56 Å². The molecule has 0 unspecified atom stereocenters. The predicted octanol–water partition coefficient (Wildman–Crippen LogP) is 3.95. The highest BCUT2D eigenvalue weighted by Gasteiger charge is 2.19. The van der Waals surface area contributed by atoms with Crippen LogP contribution in [0.25, 0.3) is 0 Å². The van der Waals surface area contributed by atoms with Gasteiger partial charge < -0.3 is 9.47 Å². The lowest BCUT2D eigenvalue weighted by Gasteiger charge is -2.21. The molecule has 0 amide bonds. The van der Waals surface area contributed by atoms with Crippen molar-refractivity contribution in [1.82, 2.24) is 4.72 Å². The number of sulfonamides is 1. The lowest BCUT2D eigenvalue weighted by molar-refractivity contribution is 0.171. The van der Waals surface area contributed by atoms with E-state index in [1.54, 1.807) is 37.3 Å². The molecule has 2 aromatic carbocycles. The van der Waals surface area contributed by atoms with Crippen molar-refractivity contribution in [2.75, 3.05) is 13.2 Å². The van der Waals surface area contributed by atoms with Gasteiger partial charge in [0.05, 0.1) is 15.8 Å². The van der Waals surface area contributed by atoms with E-state index in [4.69, 9.17) is 32.7 Å². The van der Waals surface area contributed by atoms with Gasteiger partial charge in [-0.2, -0.15) is 0 Å². The Bertz CT molecular complexity index is 886. The van der Waals surface area contributed by atoms with Gasteiger partial charge >= 0.3 is 0 Å². The van der Waals surface area contributed by atoms with Crippen molar-refractivity contribution in [3.05, 3.63) is 57.6 Å². The van der Waals surface area contributed by atoms with Gasteiger partial charge in [0.1, 0.15) is 13.2 Å². The summed E-state index contributed by atoms with van der Waals surface area (Å²) in [6.07, 6.45) is 0. The Labute approximate surface area is 156 Å². The summed E-state index contributed by atoms with van der Waals surface area (Å²) in [6.45, 7) is 2.77. The van der Waals surface area contributed by atoms with Crippen LogP contribution in [0.15, 0.2) is 36.4 Å². The second-order valence-electron chi connectivity index (χ2n) is 5.75. The van der Waals surface area contributed by atoms with Gasteiger partial charge in [-0.05, 0) is 42.3 Å². The molecule has 134 valence electrons. The molecule has 0 fully saturated rings. The predicted molar refractivity (Wildman–Crippen MR) is 98.1 cm³/mol. The zero-order valence-corrected chi connectivity index (χ0v) is 15.8. The second-order valence-corrected chi connectivity index (χ2v) is 8.32. The molecule has 0 aromatic heterocycles. The fraction of sp³-hybridized carbons (Fsp3) is 0.294. The van der Waals surface area contributed by atoms with E-state index >= 15 is 0 Å². The van der Waals surface area contributed by atoms with Gasteiger partial charge in [0.2, 0.25) is 10.0 Å². The molecule has 0 bridgehead atoms. The lowest BCUT2D eigenvalue weighted by atomic mass is 10.1. The third-order valence-corrected chi connectivity index (χ3v) is 5.93. The van der Waals surface area contributed by atoms with Gasteiger partial charge in [-0.25, -0.2) is 13.1 Å². The molecule has 0 aliphatic carbocycles. The molecule has 8 heteroatoms. The van der Waals surface area contributed by atoms with Crippen LogP contribution in [0.1, 0.15) is 24.1 Å². The molecule has 1 N–H and O–H groups in total. The number of benzene rings is 2. The molecule has 25 heavy (non-hydrogen) atoms. The van der Waals surface area contributed by atoms with E-state index in [9.17, 15) is 8.42 Å². The minimum absolute atomic E-state index is 0.182. The van der Waals surface area contributed by atoms with Crippen LogP contribution < -0.4 is 14.2 Å². The summed E-state index contributed by atoms with van der Waals surface area (Å²) in [5, 5.41) is 0.717. The van der Waals surface area contributed by atoms with Crippen molar-refractivity contribution in [1.29, 1.82) is 0 Å². The fourth-order valence-electron chi connectivity index (χ4n) is 2.56. The third-order valence-electron chi connectivity index (χ3n) is 3.76. The molecule has 1 aliphatic rings. The average Bonchev–Trinajstić information content (AvgIpc) is 2.57. The van der Waals surface area contributed by atoms with Crippen molar-refractivity contribution in [2.45, 2.75) is 18.7 Å². The van der Waals surface area contributed by atoms with Gasteiger partial charge in [0.25, 0.3) is 0 Å². The van der Waals surface area contributed by atoms with Crippen molar-refractivity contribution < 1.29 is 17.9 Å². The average molecular weight is 402 g/mol. The molecular formula is C17H17Cl2NO4S. The van der Waals surface area contributed by atoms with E-state index in [-0.39, 0.29) is 5.75 Å². The topological polar surface area (TPSA) is 64.6 Å². The standard InChI is InChI=1S/C17H17Cl2NO4S/c1-11(13-3-5-16-17(9-13)24-7-6-23-16)20-25(21,22)10-12-2-4-14(18)15(19)8-12/h2-5,8-9,11,20H,6-7,10H2,1H3/t11-/m0/s1. The Morgan fingerprint density at radius 3 is 2.48 bits per heavy atom. The first kappa shape index (κ1) is 18.3. The number of fused-ring (bicyclic) bond motifs is 1. The van der Waals surface area contributed by atoms with Crippen LogP contribution in [0, 0.1) is 0 Å². The Kier molecular flexibility index (Phi) is 5.43. The van der Waals surface area contributed by atoms with Crippen LogP contribution in [0.5, 0.6) is 11.5 Å². The zero-order chi connectivity index (χ0) is 18.0. The molecular weight excluding hydrogens is 385 g/mol. The molecule has 1 aliphatic heterocycles. The Hall–Kier alpha value is -1.47. The summed E-state index contributed by atoms with van der Waals surface area (Å²) in [7, 11) is -3.56. The van der Waals surface area contributed by atoms with E-state index in [1.807, 2.05) is 6.07 Å². The van der Waals surface area contributed by atoms with E-state index < -0.39 is 16.1 Å². The van der Waals surface area contributed by atoms with Crippen LogP contribution in [-0.2, 0) is 15.8 Å². The summed E-state index contributed by atoms with van der Waals surface area (Å²) < 4.78 is 38.5. The second kappa shape index (κ2) is 7.41. The molecule has 3 rings (SSSR count). The number of halogens is 2. The summed E-state index contributed by atoms with van der Waals surface area (Å²) in [5.41, 5.74) is 1.36. The maximum Gasteiger partial charge on any atom is 0.216 e. The smallest absolute Gasteiger partial charge is 0.216 e. The summed E-state index contributed by atoms with van der Waals surface area (Å²) in [4.78, 5) is 0. The third kappa shape index (κ3) is 4.58. The van der Waals surface area contributed by atoms with Crippen LogP contribution in [0.4, 0.5) is 0 Å². The summed E-state index contributed by atoms with van der Waals surface area (Å²) in [6, 6.07) is 9.76. The maximum absolute atomic E-state index is 12.4. The van der Waals surface area contributed by atoms with Crippen molar-refractivity contribution >= 4 is 33.2 Å². The quantitative estimate of drug-likeness (QED) is 0.823. The molecule has 2 aromatic rings.